The molecule has 0 radical (unpaired) electrons. The van der Waals surface area contributed by atoms with Gasteiger partial charge in [-0.2, -0.15) is 11.8 Å². The van der Waals surface area contributed by atoms with E-state index < -0.39 is 5.97 Å². The van der Waals surface area contributed by atoms with Crippen LogP contribution in [0.25, 0.3) is 11.3 Å². The number of thioether (sulfide) groups is 1. The van der Waals surface area contributed by atoms with Gasteiger partial charge in [0.1, 0.15) is 0 Å². The molecule has 0 spiro atoms. The lowest BCUT2D eigenvalue weighted by atomic mass is 10.2. The van der Waals surface area contributed by atoms with Crippen molar-refractivity contribution in [1.29, 1.82) is 0 Å². The summed E-state index contributed by atoms with van der Waals surface area (Å²) in [5.41, 5.74) is 0.915. The summed E-state index contributed by atoms with van der Waals surface area (Å²) in [5, 5.41) is 9.20. The van der Waals surface area contributed by atoms with Gasteiger partial charge in [0.15, 0.2) is 5.76 Å². The van der Waals surface area contributed by atoms with E-state index in [1.165, 1.54) is 11.8 Å². The van der Waals surface area contributed by atoms with E-state index in [1.54, 1.807) is 18.3 Å². The number of rotatable bonds is 6. The molecule has 0 amide bonds. The van der Waals surface area contributed by atoms with Crippen LogP contribution in [0.2, 0.25) is 5.02 Å². The monoisotopic (exact) mass is 297 g/mol. The van der Waals surface area contributed by atoms with E-state index in [2.05, 4.69) is 4.98 Å². The Morgan fingerprint density at radius 2 is 2.11 bits per heavy atom. The van der Waals surface area contributed by atoms with E-state index in [9.17, 15) is 4.79 Å². The summed E-state index contributed by atoms with van der Waals surface area (Å²) in [6, 6.07) is 7.32. The topological polar surface area (TPSA) is 63.3 Å². The summed E-state index contributed by atoms with van der Waals surface area (Å²) < 4.78 is 5.59. The van der Waals surface area contributed by atoms with Gasteiger partial charge in [0.2, 0.25) is 5.89 Å². The molecule has 0 atom stereocenters. The first-order chi connectivity index (χ1) is 9.15. The molecule has 0 saturated heterocycles. The quantitative estimate of drug-likeness (QED) is 0.824. The minimum absolute atomic E-state index is 0.148. The predicted octanol–water partition coefficient (Wildman–Crippen LogP) is 3.70. The molecular weight excluding hydrogens is 286 g/mol. The SMILES string of the molecule is O=C(O)CCSCc1ncc(-c2ccc(Cl)cc2)o1. The zero-order valence-corrected chi connectivity index (χ0v) is 11.6. The molecule has 4 nitrogen and oxygen atoms in total. The van der Waals surface area contributed by atoms with E-state index in [0.29, 0.717) is 28.2 Å². The Morgan fingerprint density at radius 1 is 1.37 bits per heavy atom. The molecule has 0 fully saturated rings. The molecule has 1 N–H and O–H groups in total. The summed E-state index contributed by atoms with van der Waals surface area (Å²) in [5.74, 6) is 1.61. The van der Waals surface area contributed by atoms with Gasteiger partial charge < -0.3 is 9.52 Å². The highest BCUT2D eigenvalue weighted by Crippen LogP contribution is 2.23. The fourth-order valence-electron chi connectivity index (χ4n) is 1.44. The number of carbonyl (C=O) groups is 1. The van der Waals surface area contributed by atoms with Gasteiger partial charge in [0.05, 0.1) is 18.4 Å². The summed E-state index contributed by atoms with van der Waals surface area (Å²) in [7, 11) is 0. The molecule has 1 heterocycles. The standard InChI is InChI=1S/C13H12ClNO3S/c14-10-3-1-9(2-4-10)11-7-15-12(18-11)8-19-6-5-13(16)17/h1-4,7H,5-6,8H2,(H,16,17). The van der Waals surface area contributed by atoms with Crippen LogP contribution in [0.1, 0.15) is 12.3 Å². The highest BCUT2D eigenvalue weighted by Gasteiger charge is 2.07. The van der Waals surface area contributed by atoms with E-state index in [0.717, 1.165) is 5.56 Å². The van der Waals surface area contributed by atoms with Gasteiger partial charge in [-0.25, -0.2) is 4.98 Å². The highest BCUT2D eigenvalue weighted by atomic mass is 35.5. The Morgan fingerprint density at radius 3 is 2.79 bits per heavy atom. The summed E-state index contributed by atoms with van der Waals surface area (Å²) in [4.78, 5) is 14.5. The molecule has 0 aliphatic carbocycles. The maximum Gasteiger partial charge on any atom is 0.304 e. The van der Waals surface area contributed by atoms with Crippen molar-refractivity contribution in [3.8, 4) is 11.3 Å². The molecule has 1 aromatic carbocycles. The zero-order chi connectivity index (χ0) is 13.7. The first kappa shape index (κ1) is 14.0. The number of carboxylic acid groups (broad SMARTS) is 1. The normalized spacial score (nSPS) is 10.6. The molecule has 0 unspecified atom stereocenters. The molecule has 0 saturated carbocycles. The van der Waals surface area contributed by atoms with Crippen molar-refractivity contribution in [3.05, 3.63) is 41.4 Å². The predicted molar refractivity (Wildman–Crippen MR) is 75.4 cm³/mol. The molecular formula is C13H12ClNO3S. The molecule has 0 aliphatic rings. The van der Waals surface area contributed by atoms with Gasteiger partial charge in [-0.1, -0.05) is 11.6 Å². The number of oxazole rings is 1. The molecule has 2 aromatic rings. The Kier molecular flexibility index (Phi) is 4.87. The molecule has 0 bridgehead atoms. The van der Waals surface area contributed by atoms with Crippen LogP contribution in [0, 0.1) is 0 Å². The summed E-state index contributed by atoms with van der Waals surface area (Å²) in [6.45, 7) is 0. The lowest BCUT2D eigenvalue weighted by Crippen LogP contribution is -1.96. The first-order valence-corrected chi connectivity index (χ1v) is 7.18. The minimum atomic E-state index is -0.790. The average molecular weight is 298 g/mol. The van der Waals surface area contributed by atoms with Gasteiger partial charge in [-0.05, 0) is 24.3 Å². The van der Waals surface area contributed by atoms with Gasteiger partial charge in [0, 0.05) is 16.3 Å². The van der Waals surface area contributed by atoms with E-state index >= 15 is 0 Å². The second-order valence-electron chi connectivity index (χ2n) is 3.82. The molecule has 0 aliphatic heterocycles. The lowest BCUT2D eigenvalue weighted by molar-refractivity contribution is -0.136. The second-order valence-corrected chi connectivity index (χ2v) is 5.36. The summed E-state index contributed by atoms with van der Waals surface area (Å²) >= 11 is 7.30. The van der Waals surface area contributed by atoms with Crippen LogP contribution in [-0.2, 0) is 10.5 Å². The third-order valence-electron chi connectivity index (χ3n) is 2.37. The van der Waals surface area contributed by atoms with E-state index in [4.69, 9.17) is 21.1 Å². The second kappa shape index (κ2) is 6.63. The fourth-order valence-corrected chi connectivity index (χ4v) is 2.34. The Bertz CT molecular complexity index is 553. The summed E-state index contributed by atoms with van der Waals surface area (Å²) in [6.07, 6.45) is 1.81. The van der Waals surface area contributed by atoms with Crippen molar-refractivity contribution in [2.75, 3.05) is 5.75 Å². The third kappa shape index (κ3) is 4.29. The van der Waals surface area contributed by atoms with Crippen molar-refractivity contribution in [2.24, 2.45) is 0 Å². The average Bonchev–Trinajstić information content (AvgIpc) is 2.84. The fraction of sp³-hybridized carbons (Fsp3) is 0.231. The number of aliphatic carboxylic acids is 1. The van der Waals surface area contributed by atoms with Crippen molar-refractivity contribution < 1.29 is 14.3 Å². The van der Waals surface area contributed by atoms with Gasteiger partial charge in [-0.3, -0.25) is 4.79 Å². The number of benzene rings is 1. The van der Waals surface area contributed by atoms with Gasteiger partial charge >= 0.3 is 5.97 Å². The molecule has 1 aromatic heterocycles. The number of halogens is 1. The Labute approximate surface area is 119 Å². The number of aromatic nitrogens is 1. The zero-order valence-electron chi connectivity index (χ0n) is 10.0. The number of hydrogen-bond donors (Lipinski definition) is 1. The Balaban J connectivity index is 1.91. The third-order valence-corrected chi connectivity index (χ3v) is 3.56. The van der Waals surface area contributed by atoms with Gasteiger partial charge in [-0.15, -0.1) is 0 Å². The van der Waals surface area contributed by atoms with Crippen LogP contribution in [0.4, 0.5) is 0 Å². The number of carboxylic acids is 1. The van der Waals surface area contributed by atoms with Crippen LogP contribution < -0.4 is 0 Å². The first-order valence-electron chi connectivity index (χ1n) is 5.65. The number of hydrogen-bond acceptors (Lipinski definition) is 4. The lowest BCUT2D eigenvalue weighted by Gasteiger charge is -1.97. The van der Waals surface area contributed by atoms with Crippen LogP contribution >= 0.6 is 23.4 Å². The van der Waals surface area contributed by atoms with Crippen molar-refractivity contribution in [1.82, 2.24) is 4.98 Å². The van der Waals surface area contributed by atoms with Crippen LogP contribution in [0.5, 0.6) is 0 Å². The number of nitrogens with zero attached hydrogens (tertiary/aromatic N) is 1. The van der Waals surface area contributed by atoms with E-state index in [-0.39, 0.29) is 6.42 Å². The largest absolute Gasteiger partial charge is 0.481 e. The maximum atomic E-state index is 10.4. The minimum Gasteiger partial charge on any atom is -0.481 e. The smallest absolute Gasteiger partial charge is 0.304 e. The Hall–Kier alpha value is -1.46. The van der Waals surface area contributed by atoms with Crippen molar-refractivity contribution in [3.63, 3.8) is 0 Å². The maximum absolute atomic E-state index is 10.4. The van der Waals surface area contributed by atoms with E-state index in [1.807, 2.05) is 12.1 Å². The van der Waals surface area contributed by atoms with Crippen molar-refractivity contribution in [2.45, 2.75) is 12.2 Å². The highest BCUT2D eigenvalue weighted by molar-refractivity contribution is 7.98. The van der Waals surface area contributed by atoms with Crippen LogP contribution in [0.3, 0.4) is 0 Å². The van der Waals surface area contributed by atoms with Gasteiger partial charge in [0.25, 0.3) is 0 Å². The van der Waals surface area contributed by atoms with Crippen LogP contribution in [-0.4, -0.2) is 21.8 Å². The van der Waals surface area contributed by atoms with Crippen molar-refractivity contribution >= 4 is 29.3 Å². The molecule has 6 heteroatoms. The molecule has 2 rings (SSSR count). The molecule has 100 valence electrons. The van der Waals surface area contributed by atoms with Crippen LogP contribution in [0.15, 0.2) is 34.9 Å². The molecule has 19 heavy (non-hydrogen) atoms.